The summed E-state index contributed by atoms with van der Waals surface area (Å²) in [6, 6.07) is 0.561. The number of nitrogens with zero attached hydrogens (tertiary/aromatic N) is 2. The highest BCUT2D eigenvalue weighted by Crippen LogP contribution is 2.12. The minimum Gasteiger partial charge on any atom is -0.468 e. The Morgan fingerprint density at radius 3 is 2.71 bits per heavy atom. The molecule has 0 spiro atoms. The highest BCUT2D eigenvalue weighted by Gasteiger charge is 2.30. The lowest BCUT2D eigenvalue weighted by Gasteiger charge is -2.38. The van der Waals surface area contributed by atoms with Crippen molar-refractivity contribution in [2.75, 3.05) is 40.3 Å². The minimum absolute atomic E-state index is 0.334. The number of ether oxygens (including phenoxy) is 1. The molecule has 2 atom stereocenters. The van der Waals surface area contributed by atoms with Crippen molar-refractivity contribution in [2.45, 2.75) is 31.8 Å². The fourth-order valence-corrected chi connectivity index (χ4v) is 2.05. The standard InChI is InChI=1S/C12H25N3O2/c1-10-9-15(8-7-14(10)3)6-5-12(2,13)11(16)17-4/h10H,5-9,13H2,1-4H3. The Labute approximate surface area is 104 Å². The van der Waals surface area contributed by atoms with Crippen molar-refractivity contribution in [3.63, 3.8) is 0 Å². The lowest BCUT2D eigenvalue weighted by Crippen LogP contribution is -2.53. The Morgan fingerprint density at radius 2 is 2.18 bits per heavy atom. The van der Waals surface area contributed by atoms with Crippen LogP contribution in [0.5, 0.6) is 0 Å². The molecule has 2 N–H and O–H groups in total. The van der Waals surface area contributed by atoms with E-state index in [0.29, 0.717) is 12.5 Å². The van der Waals surface area contributed by atoms with Gasteiger partial charge in [0.2, 0.25) is 0 Å². The predicted molar refractivity (Wildman–Crippen MR) is 67.8 cm³/mol. The molecule has 17 heavy (non-hydrogen) atoms. The second-order valence-corrected chi connectivity index (χ2v) is 5.29. The quantitative estimate of drug-likeness (QED) is 0.699. The number of carbonyl (C=O) groups excluding carboxylic acids is 1. The van der Waals surface area contributed by atoms with Crippen LogP contribution in [0, 0.1) is 0 Å². The van der Waals surface area contributed by atoms with E-state index >= 15 is 0 Å². The molecular formula is C12H25N3O2. The number of esters is 1. The lowest BCUT2D eigenvalue weighted by atomic mass is 9.99. The van der Waals surface area contributed by atoms with Crippen LogP contribution in [0.15, 0.2) is 0 Å². The summed E-state index contributed by atoms with van der Waals surface area (Å²) in [6.07, 6.45) is 0.635. The van der Waals surface area contributed by atoms with Gasteiger partial charge in [-0.3, -0.25) is 4.79 Å². The maximum atomic E-state index is 11.4. The van der Waals surface area contributed by atoms with Crippen molar-refractivity contribution in [1.82, 2.24) is 9.80 Å². The Balaban J connectivity index is 2.38. The van der Waals surface area contributed by atoms with E-state index in [1.807, 2.05) is 0 Å². The summed E-state index contributed by atoms with van der Waals surface area (Å²) in [4.78, 5) is 16.2. The van der Waals surface area contributed by atoms with E-state index < -0.39 is 5.54 Å². The molecule has 5 nitrogen and oxygen atoms in total. The predicted octanol–water partition coefficient (Wildman–Crippen LogP) is -0.0972. The summed E-state index contributed by atoms with van der Waals surface area (Å²) < 4.78 is 4.70. The van der Waals surface area contributed by atoms with Gasteiger partial charge >= 0.3 is 5.97 Å². The Hall–Kier alpha value is -0.650. The SMILES string of the molecule is COC(=O)C(C)(N)CCN1CCN(C)C(C)C1. The largest absolute Gasteiger partial charge is 0.468 e. The molecule has 1 aliphatic heterocycles. The molecule has 1 aliphatic rings. The van der Waals surface area contributed by atoms with Crippen molar-refractivity contribution >= 4 is 5.97 Å². The van der Waals surface area contributed by atoms with Gasteiger partial charge in [0.05, 0.1) is 7.11 Å². The number of nitrogens with two attached hydrogens (primary N) is 1. The smallest absolute Gasteiger partial charge is 0.325 e. The first-order valence-electron chi connectivity index (χ1n) is 6.16. The zero-order valence-corrected chi connectivity index (χ0v) is 11.4. The number of methoxy groups -OCH3 is 1. The van der Waals surface area contributed by atoms with E-state index in [4.69, 9.17) is 10.5 Å². The van der Waals surface area contributed by atoms with Gasteiger partial charge in [-0.05, 0) is 27.3 Å². The van der Waals surface area contributed by atoms with Crippen molar-refractivity contribution < 1.29 is 9.53 Å². The van der Waals surface area contributed by atoms with Crippen LogP contribution in [-0.4, -0.2) is 67.7 Å². The molecule has 0 aromatic carbocycles. The first-order chi connectivity index (χ1) is 7.86. The average molecular weight is 243 g/mol. The van der Waals surface area contributed by atoms with Gasteiger partial charge in [0.1, 0.15) is 5.54 Å². The number of carbonyl (C=O) groups is 1. The number of rotatable bonds is 4. The third-order valence-corrected chi connectivity index (χ3v) is 3.64. The monoisotopic (exact) mass is 243 g/mol. The second kappa shape index (κ2) is 5.80. The molecule has 0 aliphatic carbocycles. The third kappa shape index (κ3) is 3.94. The van der Waals surface area contributed by atoms with Gasteiger partial charge in [0.15, 0.2) is 0 Å². The first kappa shape index (κ1) is 14.4. The lowest BCUT2D eigenvalue weighted by molar-refractivity contribution is -0.146. The van der Waals surface area contributed by atoms with Gasteiger partial charge < -0.3 is 20.3 Å². The topological polar surface area (TPSA) is 58.8 Å². The summed E-state index contributed by atoms with van der Waals surface area (Å²) >= 11 is 0. The van der Waals surface area contributed by atoms with Crippen LogP contribution in [0.1, 0.15) is 20.3 Å². The van der Waals surface area contributed by atoms with Crippen molar-refractivity contribution in [2.24, 2.45) is 5.73 Å². The van der Waals surface area contributed by atoms with E-state index in [0.717, 1.165) is 26.2 Å². The summed E-state index contributed by atoms with van der Waals surface area (Å²) in [5.74, 6) is -0.334. The maximum absolute atomic E-state index is 11.4. The highest BCUT2D eigenvalue weighted by atomic mass is 16.5. The van der Waals surface area contributed by atoms with Gasteiger partial charge in [-0.2, -0.15) is 0 Å². The molecule has 2 unspecified atom stereocenters. The fraction of sp³-hybridized carbons (Fsp3) is 0.917. The molecule has 0 radical (unpaired) electrons. The van der Waals surface area contributed by atoms with Crippen molar-refractivity contribution in [1.29, 1.82) is 0 Å². The number of hydrogen-bond acceptors (Lipinski definition) is 5. The van der Waals surface area contributed by atoms with E-state index in [1.165, 1.54) is 7.11 Å². The molecule has 0 bridgehead atoms. The van der Waals surface area contributed by atoms with Crippen molar-refractivity contribution in [3.8, 4) is 0 Å². The van der Waals surface area contributed by atoms with Gasteiger partial charge in [-0.15, -0.1) is 0 Å². The summed E-state index contributed by atoms with van der Waals surface area (Å²) in [6.45, 7) is 7.94. The molecule has 1 rings (SSSR count). The van der Waals surface area contributed by atoms with Gasteiger partial charge in [-0.25, -0.2) is 0 Å². The molecule has 1 heterocycles. The average Bonchev–Trinajstić information content (AvgIpc) is 2.29. The third-order valence-electron chi connectivity index (χ3n) is 3.64. The molecule has 5 heteroatoms. The van der Waals surface area contributed by atoms with Crippen LogP contribution in [0.2, 0.25) is 0 Å². The van der Waals surface area contributed by atoms with E-state index in [2.05, 4.69) is 23.8 Å². The van der Waals surface area contributed by atoms with Gasteiger partial charge in [-0.1, -0.05) is 0 Å². The number of likely N-dealkylation sites (N-methyl/N-ethyl adjacent to an activating group) is 1. The van der Waals surface area contributed by atoms with Crippen LogP contribution in [0.3, 0.4) is 0 Å². The number of piperazine rings is 1. The minimum atomic E-state index is -0.874. The zero-order valence-electron chi connectivity index (χ0n) is 11.4. The molecule has 0 aromatic heterocycles. The Bertz CT molecular complexity index is 268. The zero-order chi connectivity index (χ0) is 13.1. The van der Waals surface area contributed by atoms with Gasteiger partial charge in [0, 0.05) is 32.2 Å². The number of hydrogen-bond donors (Lipinski definition) is 1. The first-order valence-corrected chi connectivity index (χ1v) is 6.16. The summed E-state index contributed by atoms with van der Waals surface area (Å²) in [7, 11) is 3.52. The van der Waals surface area contributed by atoms with Crippen LogP contribution in [0.4, 0.5) is 0 Å². The second-order valence-electron chi connectivity index (χ2n) is 5.29. The molecule has 1 fully saturated rings. The van der Waals surface area contributed by atoms with Gasteiger partial charge in [0.25, 0.3) is 0 Å². The Kier molecular flexibility index (Phi) is 4.91. The summed E-state index contributed by atoms with van der Waals surface area (Å²) in [5, 5.41) is 0. The molecule has 0 saturated carbocycles. The highest BCUT2D eigenvalue weighted by molar-refractivity contribution is 5.79. The van der Waals surface area contributed by atoms with Crippen LogP contribution in [0.25, 0.3) is 0 Å². The molecule has 100 valence electrons. The van der Waals surface area contributed by atoms with Crippen LogP contribution >= 0.6 is 0 Å². The Morgan fingerprint density at radius 1 is 1.53 bits per heavy atom. The van der Waals surface area contributed by atoms with Crippen LogP contribution < -0.4 is 5.73 Å². The van der Waals surface area contributed by atoms with E-state index in [9.17, 15) is 4.79 Å². The molecule has 0 aromatic rings. The normalized spacial score (nSPS) is 26.5. The van der Waals surface area contributed by atoms with Crippen LogP contribution in [-0.2, 0) is 9.53 Å². The maximum Gasteiger partial charge on any atom is 0.325 e. The molecule has 0 amide bonds. The van der Waals surface area contributed by atoms with E-state index in [-0.39, 0.29) is 5.97 Å². The molecular weight excluding hydrogens is 218 g/mol. The fourth-order valence-electron chi connectivity index (χ4n) is 2.05. The van der Waals surface area contributed by atoms with E-state index in [1.54, 1.807) is 6.92 Å². The summed E-state index contributed by atoms with van der Waals surface area (Å²) in [5.41, 5.74) is 5.06. The van der Waals surface area contributed by atoms with Crippen molar-refractivity contribution in [3.05, 3.63) is 0 Å². The molecule has 1 saturated heterocycles.